The molecule has 2 aliphatic carbocycles. The molecule has 4 rings (SSSR count). The van der Waals surface area contributed by atoms with E-state index in [1.807, 2.05) is 12.1 Å². The minimum Gasteiger partial charge on any atom is -0.480 e. The van der Waals surface area contributed by atoms with Gasteiger partial charge in [0.25, 0.3) is 17.7 Å². The number of halogens is 2. The minimum atomic E-state index is -2.08. The molecule has 0 radical (unpaired) electrons. The Labute approximate surface area is 403 Å². The molecular formula is C49H72F2N4O14. The van der Waals surface area contributed by atoms with Crippen LogP contribution >= 0.6 is 0 Å². The second kappa shape index (κ2) is 21.7. The number of ether oxygens (including phenoxy) is 5. The molecule has 1 aromatic carbocycles. The predicted molar refractivity (Wildman–Crippen MR) is 245 cm³/mol. The number of rotatable bonds is 21. The summed E-state index contributed by atoms with van der Waals surface area (Å²) in [4.78, 5) is 112. The fraction of sp³-hybridized carbons (Fsp3) is 0.714. The minimum absolute atomic E-state index is 0.0838. The van der Waals surface area contributed by atoms with Crippen LogP contribution in [0.1, 0.15) is 131 Å². The zero-order valence-electron chi connectivity index (χ0n) is 42.4. The first-order chi connectivity index (χ1) is 31.7. The quantitative estimate of drug-likeness (QED) is 0.122. The van der Waals surface area contributed by atoms with E-state index in [4.69, 9.17) is 23.7 Å². The Bertz CT molecular complexity index is 2070. The molecule has 1 saturated heterocycles. The van der Waals surface area contributed by atoms with E-state index in [0.29, 0.717) is 18.8 Å². The molecule has 69 heavy (non-hydrogen) atoms. The predicted octanol–water partition coefficient (Wildman–Crippen LogP) is 5.30. The van der Waals surface area contributed by atoms with E-state index in [1.165, 1.54) is 62.7 Å². The van der Waals surface area contributed by atoms with Gasteiger partial charge in [-0.3, -0.25) is 19.3 Å². The highest BCUT2D eigenvalue weighted by Gasteiger charge is 2.59. The number of hydrogen-bond acceptors (Lipinski definition) is 13. The number of carbonyl (C=O) groups is 8. The van der Waals surface area contributed by atoms with Gasteiger partial charge in [-0.25, -0.2) is 32.8 Å². The lowest BCUT2D eigenvalue weighted by atomic mass is 9.90. The lowest BCUT2D eigenvalue weighted by molar-refractivity contribution is -0.174. The van der Waals surface area contributed by atoms with Gasteiger partial charge in [0.2, 0.25) is 0 Å². The molecule has 1 aliphatic heterocycles. The molecule has 18 nitrogen and oxygen atoms in total. The molecule has 20 heteroatoms. The molecule has 0 spiro atoms. The second-order valence-electron chi connectivity index (χ2n) is 21.0. The van der Waals surface area contributed by atoms with Crippen molar-refractivity contribution in [3.8, 4) is 0 Å². The highest BCUT2D eigenvalue weighted by molar-refractivity contribution is 5.96. The number of carboxylic acids is 1. The Balaban J connectivity index is 1.59. The van der Waals surface area contributed by atoms with Crippen molar-refractivity contribution in [3.63, 3.8) is 0 Å². The Hall–Kier alpha value is -5.40. The summed E-state index contributed by atoms with van der Waals surface area (Å²) in [6, 6.07) is 4.11. The number of likely N-dealkylation sites (N-methyl/N-ethyl adjacent to an activating group) is 4. The zero-order chi connectivity index (χ0) is 52.2. The smallest absolute Gasteiger partial charge is 0.410 e. The van der Waals surface area contributed by atoms with Gasteiger partial charge >= 0.3 is 30.0 Å². The number of esters is 3. The van der Waals surface area contributed by atoms with Crippen molar-refractivity contribution in [2.24, 2.45) is 0 Å². The van der Waals surface area contributed by atoms with Gasteiger partial charge < -0.3 is 43.5 Å². The van der Waals surface area contributed by atoms with Crippen LogP contribution in [-0.2, 0) is 63.7 Å². The molecule has 0 bridgehead atoms. The van der Waals surface area contributed by atoms with Gasteiger partial charge in [0.15, 0.2) is 18.3 Å². The van der Waals surface area contributed by atoms with Gasteiger partial charge in [0.05, 0.1) is 0 Å². The molecule has 1 N–H and O–H groups in total. The molecule has 5 unspecified atom stereocenters. The molecule has 1 aromatic rings. The van der Waals surface area contributed by atoms with Crippen LogP contribution < -0.4 is 0 Å². The third kappa shape index (κ3) is 14.6. The third-order valence-corrected chi connectivity index (χ3v) is 12.9. The number of hydrogen-bond donors (Lipinski definition) is 1. The van der Waals surface area contributed by atoms with Gasteiger partial charge in [-0.15, -0.1) is 0 Å². The maximum Gasteiger partial charge on any atom is 0.410 e. The van der Waals surface area contributed by atoms with Crippen LogP contribution in [0.25, 0.3) is 0 Å². The molecule has 0 aromatic heterocycles. The second-order valence-corrected chi connectivity index (χ2v) is 21.0. The summed E-state index contributed by atoms with van der Waals surface area (Å²) in [5.41, 5.74) is -6.30. The maximum atomic E-state index is 15.6. The summed E-state index contributed by atoms with van der Waals surface area (Å²) in [7, 11) is 5.04. The van der Waals surface area contributed by atoms with E-state index >= 15 is 4.39 Å². The summed E-state index contributed by atoms with van der Waals surface area (Å²) in [5.74, 6) is -6.97. The lowest BCUT2D eigenvalue weighted by Gasteiger charge is -2.35. The highest BCUT2D eigenvalue weighted by Crippen LogP contribution is 2.44. The number of amides is 4. The third-order valence-electron chi connectivity index (χ3n) is 12.9. The summed E-state index contributed by atoms with van der Waals surface area (Å²) >= 11 is 0. The Morgan fingerprint density at radius 3 is 1.54 bits per heavy atom. The molecule has 386 valence electrons. The van der Waals surface area contributed by atoms with Crippen LogP contribution in [0.3, 0.4) is 0 Å². The largest absolute Gasteiger partial charge is 0.480 e. The molecule has 4 amide bonds. The summed E-state index contributed by atoms with van der Waals surface area (Å²) in [6.45, 7) is 13.4. The van der Waals surface area contributed by atoms with Crippen molar-refractivity contribution in [2.45, 2.75) is 184 Å². The molecule has 5 atom stereocenters. The van der Waals surface area contributed by atoms with E-state index in [-0.39, 0.29) is 38.0 Å². The first kappa shape index (κ1) is 56.2. The molecular weight excluding hydrogens is 907 g/mol. The van der Waals surface area contributed by atoms with Crippen LogP contribution in [-0.4, -0.2) is 172 Å². The summed E-state index contributed by atoms with van der Waals surface area (Å²) in [6.07, 6.45) is -4.59. The van der Waals surface area contributed by atoms with E-state index in [0.717, 1.165) is 45.1 Å². The van der Waals surface area contributed by atoms with E-state index in [1.54, 1.807) is 32.9 Å². The van der Waals surface area contributed by atoms with Gasteiger partial charge in [-0.1, -0.05) is 24.3 Å². The van der Waals surface area contributed by atoms with Crippen LogP contribution in [0, 0.1) is 0 Å². The van der Waals surface area contributed by atoms with Crippen molar-refractivity contribution in [3.05, 3.63) is 35.4 Å². The Morgan fingerprint density at radius 2 is 1.12 bits per heavy atom. The molecule has 3 aliphatic rings. The maximum absolute atomic E-state index is 15.6. The van der Waals surface area contributed by atoms with Crippen molar-refractivity contribution in [1.29, 1.82) is 0 Å². The van der Waals surface area contributed by atoms with Crippen molar-refractivity contribution >= 4 is 47.7 Å². The van der Waals surface area contributed by atoms with Crippen LogP contribution in [0.5, 0.6) is 0 Å². The van der Waals surface area contributed by atoms with E-state index in [2.05, 4.69) is 0 Å². The normalized spacial score (nSPS) is 18.7. The molecule has 1 heterocycles. The van der Waals surface area contributed by atoms with E-state index < -0.39 is 119 Å². The van der Waals surface area contributed by atoms with Gasteiger partial charge in [-0.05, 0) is 118 Å². The Kier molecular flexibility index (Phi) is 17.7. The Morgan fingerprint density at radius 1 is 0.681 bits per heavy atom. The lowest BCUT2D eigenvalue weighted by Crippen LogP contribution is -2.55. The number of carbonyl (C=O) groups excluding carboxylic acids is 7. The van der Waals surface area contributed by atoms with Crippen LogP contribution in [0.2, 0.25) is 0 Å². The average molecular weight is 979 g/mol. The first-order valence-corrected chi connectivity index (χ1v) is 23.4. The monoisotopic (exact) mass is 979 g/mol. The van der Waals surface area contributed by atoms with Crippen LogP contribution in [0.15, 0.2) is 24.3 Å². The summed E-state index contributed by atoms with van der Waals surface area (Å²) < 4.78 is 58.1. The number of aliphatic carboxylic acids is 1. The van der Waals surface area contributed by atoms with Crippen LogP contribution in [0.4, 0.5) is 13.6 Å². The molecule has 2 saturated carbocycles. The number of alkyl halides is 2. The summed E-state index contributed by atoms with van der Waals surface area (Å²) in [5, 5.41) is 9.75. The van der Waals surface area contributed by atoms with Gasteiger partial charge in [0, 0.05) is 60.7 Å². The van der Waals surface area contributed by atoms with Crippen molar-refractivity contribution in [2.75, 3.05) is 41.4 Å². The van der Waals surface area contributed by atoms with Gasteiger partial charge in [0.1, 0.15) is 40.1 Å². The highest BCUT2D eigenvalue weighted by atomic mass is 19.1. The average Bonchev–Trinajstić information content (AvgIpc) is 4.20. The molecule has 3 fully saturated rings. The fourth-order valence-electron chi connectivity index (χ4n) is 8.30. The number of nitrogens with zero attached hydrogens (tertiary/aromatic N) is 4. The fourth-order valence-corrected chi connectivity index (χ4v) is 8.30. The standard InChI is InChI=1S/C49H72F2N4O14/c1-29(37(56)52(10)34(40(59)60)27-46(6,7)50)66-42(62)48(20-21-48)54(12)39(58)36(26-31-14-16-32(17-15-31)33-18-24-65-25-19-33)68-41(61)35(28-47(8,9)51)53(11)38(57)30(2)67-43(63)49(22-23-49)55(13)44(64)69-45(3,4)5/h14-17,29-30,33-36H,18-28H2,1-13H3,(H,59,60). The zero-order valence-corrected chi connectivity index (χ0v) is 42.4. The van der Waals surface area contributed by atoms with Crippen molar-refractivity contribution < 1.29 is 75.9 Å². The number of carboxylic acid groups (broad SMARTS) is 1. The SMILES string of the molecule is CC(OC(=O)C1(N(C)C(=O)C(Cc2ccc(C3CCOCC3)cc2)OC(=O)C(CC(C)(C)F)N(C)C(=O)C(C)OC(=O)C2(N(C)C(=O)OC(C)(C)C)CC2)CC1)C(=O)N(C)C(CC(C)(C)F)C(=O)O. The van der Waals surface area contributed by atoms with Gasteiger partial charge in [-0.2, -0.15) is 0 Å². The van der Waals surface area contributed by atoms with Crippen molar-refractivity contribution in [1.82, 2.24) is 19.6 Å². The number of benzene rings is 1. The topological polar surface area (TPSA) is 216 Å². The first-order valence-electron chi connectivity index (χ1n) is 23.4. The van der Waals surface area contributed by atoms with E-state index in [9.17, 15) is 47.9 Å².